The van der Waals surface area contributed by atoms with Gasteiger partial charge in [0.25, 0.3) is 0 Å². The van der Waals surface area contributed by atoms with Crippen molar-refractivity contribution >= 4 is 5.97 Å². The van der Waals surface area contributed by atoms with E-state index in [1.807, 2.05) is 0 Å². The van der Waals surface area contributed by atoms with Gasteiger partial charge in [0.1, 0.15) is 5.75 Å². The third kappa shape index (κ3) is 3.52. The number of hydrogen-bond donors (Lipinski definition) is 4. The molecule has 5 nitrogen and oxygen atoms in total. The van der Waals surface area contributed by atoms with E-state index in [-0.39, 0.29) is 12.3 Å². The first-order valence-electron chi connectivity index (χ1n) is 4.86. The van der Waals surface area contributed by atoms with E-state index < -0.39 is 11.6 Å². The van der Waals surface area contributed by atoms with Crippen LogP contribution in [0.25, 0.3) is 0 Å². The van der Waals surface area contributed by atoms with Crippen molar-refractivity contribution in [2.45, 2.75) is 19.1 Å². The third-order valence-electron chi connectivity index (χ3n) is 2.20. The van der Waals surface area contributed by atoms with Crippen LogP contribution in [0.1, 0.15) is 12.5 Å². The second-order valence-corrected chi connectivity index (χ2v) is 3.85. The number of benzene rings is 1. The molecule has 0 aliphatic carbocycles. The van der Waals surface area contributed by atoms with Crippen molar-refractivity contribution in [1.29, 1.82) is 0 Å². The number of rotatable bonds is 5. The van der Waals surface area contributed by atoms with Crippen LogP contribution in [0.15, 0.2) is 24.3 Å². The van der Waals surface area contributed by atoms with Gasteiger partial charge in [0.15, 0.2) is 5.60 Å². The minimum absolute atomic E-state index is 0.0385. The maximum absolute atomic E-state index is 10.6. The number of nitrogens with one attached hydrogen (secondary N) is 1. The van der Waals surface area contributed by atoms with E-state index in [0.717, 1.165) is 5.56 Å². The van der Waals surface area contributed by atoms with Crippen LogP contribution in [0.5, 0.6) is 5.75 Å². The van der Waals surface area contributed by atoms with Gasteiger partial charge in [-0.15, -0.1) is 0 Å². The summed E-state index contributed by atoms with van der Waals surface area (Å²) in [5.41, 5.74) is -0.865. The topological polar surface area (TPSA) is 89.8 Å². The first kappa shape index (κ1) is 12.5. The highest BCUT2D eigenvalue weighted by Crippen LogP contribution is 2.09. The zero-order valence-electron chi connectivity index (χ0n) is 8.97. The number of carboxylic acids is 1. The standard InChI is InChI=1S/C11H15NO4/c1-11(16,10(14)15)7-12-6-8-2-4-9(13)5-3-8/h2-5,12-13,16H,6-7H2,1H3,(H,14,15). The molecule has 0 aliphatic heterocycles. The summed E-state index contributed by atoms with van der Waals surface area (Å²) < 4.78 is 0. The average Bonchev–Trinajstić information content (AvgIpc) is 2.20. The first-order chi connectivity index (χ1) is 7.42. The van der Waals surface area contributed by atoms with E-state index in [2.05, 4.69) is 5.32 Å². The van der Waals surface area contributed by atoms with Crippen molar-refractivity contribution in [3.8, 4) is 5.75 Å². The van der Waals surface area contributed by atoms with Crippen LogP contribution in [-0.2, 0) is 11.3 Å². The van der Waals surface area contributed by atoms with E-state index in [4.69, 9.17) is 10.2 Å². The number of hydrogen-bond acceptors (Lipinski definition) is 4. The molecule has 0 saturated carbocycles. The van der Waals surface area contributed by atoms with Gasteiger partial charge < -0.3 is 20.6 Å². The van der Waals surface area contributed by atoms with Crippen molar-refractivity contribution in [2.24, 2.45) is 0 Å². The Labute approximate surface area is 93.4 Å². The van der Waals surface area contributed by atoms with Gasteiger partial charge >= 0.3 is 5.97 Å². The number of carboxylic acid groups (broad SMARTS) is 1. The number of aromatic hydroxyl groups is 1. The molecule has 5 heteroatoms. The molecule has 0 fully saturated rings. The zero-order valence-corrected chi connectivity index (χ0v) is 8.97. The summed E-state index contributed by atoms with van der Waals surface area (Å²) in [5.74, 6) is -1.08. The van der Waals surface area contributed by atoms with Crippen molar-refractivity contribution < 1.29 is 20.1 Å². The second kappa shape index (κ2) is 4.96. The molecule has 0 heterocycles. The monoisotopic (exact) mass is 225 g/mol. The molecule has 0 bridgehead atoms. The van der Waals surface area contributed by atoms with Crippen molar-refractivity contribution in [3.05, 3.63) is 29.8 Å². The van der Waals surface area contributed by atoms with E-state index in [9.17, 15) is 9.90 Å². The maximum Gasteiger partial charge on any atom is 0.336 e. The van der Waals surface area contributed by atoms with Gasteiger partial charge in [0, 0.05) is 13.1 Å². The molecule has 1 aromatic rings. The second-order valence-electron chi connectivity index (χ2n) is 3.85. The van der Waals surface area contributed by atoms with E-state index >= 15 is 0 Å². The zero-order chi connectivity index (χ0) is 12.2. The fourth-order valence-corrected chi connectivity index (χ4v) is 1.14. The quantitative estimate of drug-likeness (QED) is 0.579. The Hall–Kier alpha value is -1.59. The molecule has 0 aliphatic rings. The fraction of sp³-hybridized carbons (Fsp3) is 0.364. The predicted octanol–water partition coefficient (Wildman–Crippen LogP) is 0.317. The van der Waals surface area contributed by atoms with Crippen molar-refractivity contribution in [3.63, 3.8) is 0 Å². The van der Waals surface area contributed by atoms with Gasteiger partial charge in [-0.1, -0.05) is 12.1 Å². The normalized spacial score (nSPS) is 14.4. The molecule has 0 saturated heterocycles. The summed E-state index contributed by atoms with van der Waals surface area (Å²) >= 11 is 0. The summed E-state index contributed by atoms with van der Waals surface area (Å²) in [7, 11) is 0. The molecule has 16 heavy (non-hydrogen) atoms. The Morgan fingerprint density at radius 3 is 2.44 bits per heavy atom. The van der Waals surface area contributed by atoms with Crippen LogP contribution < -0.4 is 5.32 Å². The van der Waals surface area contributed by atoms with Crippen molar-refractivity contribution in [2.75, 3.05) is 6.54 Å². The largest absolute Gasteiger partial charge is 0.508 e. The van der Waals surface area contributed by atoms with Gasteiger partial charge in [-0.3, -0.25) is 0 Å². The van der Waals surface area contributed by atoms with E-state index in [1.54, 1.807) is 24.3 Å². The number of phenolic OH excluding ortho intramolecular Hbond substituents is 1. The molecule has 1 rings (SSSR count). The Morgan fingerprint density at radius 1 is 1.38 bits per heavy atom. The molecular weight excluding hydrogens is 210 g/mol. The molecular formula is C11H15NO4. The number of aliphatic carboxylic acids is 1. The molecule has 0 aromatic heterocycles. The first-order valence-corrected chi connectivity index (χ1v) is 4.86. The number of phenols is 1. The summed E-state index contributed by atoms with van der Waals surface area (Å²) in [6, 6.07) is 6.54. The molecule has 1 atom stereocenters. The Balaban J connectivity index is 2.41. The van der Waals surface area contributed by atoms with E-state index in [0.29, 0.717) is 6.54 Å². The van der Waals surface area contributed by atoms with Gasteiger partial charge in [-0.05, 0) is 24.6 Å². The fourth-order valence-electron chi connectivity index (χ4n) is 1.14. The highest BCUT2D eigenvalue weighted by atomic mass is 16.4. The summed E-state index contributed by atoms with van der Waals surface area (Å²) in [4.78, 5) is 10.6. The lowest BCUT2D eigenvalue weighted by Gasteiger charge is -2.18. The minimum atomic E-state index is -1.77. The highest BCUT2D eigenvalue weighted by molar-refractivity contribution is 5.76. The van der Waals surface area contributed by atoms with Crippen LogP contribution in [0.2, 0.25) is 0 Å². The Morgan fingerprint density at radius 2 is 1.94 bits per heavy atom. The van der Waals surface area contributed by atoms with Gasteiger partial charge in [-0.25, -0.2) is 4.79 Å². The molecule has 0 spiro atoms. The van der Waals surface area contributed by atoms with Crippen LogP contribution >= 0.6 is 0 Å². The third-order valence-corrected chi connectivity index (χ3v) is 2.20. The van der Waals surface area contributed by atoms with Crippen LogP contribution in [0.4, 0.5) is 0 Å². The molecule has 4 N–H and O–H groups in total. The molecule has 1 unspecified atom stereocenters. The smallest absolute Gasteiger partial charge is 0.336 e. The minimum Gasteiger partial charge on any atom is -0.508 e. The van der Waals surface area contributed by atoms with Gasteiger partial charge in [0.05, 0.1) is 0 Å². The lowest BCUT2D eigenvalue weighted by atomic mass is 10.1. The summed E-state index contributed by atoms with van der Waals surface area (Å²) in [5, 5.41) is 29.9. The maximum atomic E-state index is 10.6. The van der Waals surface area contributed by atoms with Crippen LogP contribution in [-0.4, -0.2) is 33.4 Å². The van der Waals surface area contributed by atoms with Gasteiger partial charge in [0.2, 0.25) is 0 Å². The SMILES string of the molecule is CC(O)(CNCc1ccc(O)cc1)C(=O)O. The number of aliphatic hydroxyl groups is 1. The molecule has 1 aromatic carbocycles. The highest BCUT2D eigenvalue weighted by Gasteiger charge is 2.28. The summed E-state index contributed by atoms with van der Waals surface area (Å²) in [6.45, 7) is 1.63. The Kier molecular flexibility index (Phi) is 3.87. The van der Waals surface area contributed by atoms with Crippen LogP contribution in [0, 0.1) is 0 Å². The predicted molar refractivity (Wildman–Crippen MR) is 58.1 cm³/mol. The van der Waals surface area contributed by atoms with Gasteiger partial charge in [-0.2, -0.15) is 0 Å². The molecule has 88 valence electrons. The number of carbonyl (C=O) groups is 1. The van der Waals surface area contributed by atoms with Crippen LogP contribution in [0.3, 0.4) is 0 Å². The molecule has 0 radical (unpaired) electrons. The Bertz CT molecular complexity index is 359. The summed E-state index contributed by atoms with van der Waals surface area (Å²) in [6.07, 6.45) is 0. The lowest BCUT2D eigenvalue weighted by molar-refractivity contribution is -0.156. The lowest BCUT2D eigenvalue weighted by Crippen LogP contribution is -2.44. The van der Waals surface area contributed by atoms with Crippen molar-refractivity contribution in [1.82, 2.24) is 5.32 Å². The molecule has 0 amide bonds. The van der Waals surface area contributed by atoms with E-state index in [1.165, 1.54) is 6.92 Å². The average molecular weight is 225 g/mol.